The molecule has 0 unspecified atom stereocenters. The number of hydrogen-bond donors (Lipinski definition) is 0. The summed E-state index contributed by atoms with van der Waals surface area (Å²) < 4.78 is 5.19. The number of nitrogens with zero attached hydrogens (tertiary/aromatic N) is 1. The minimum atomic E-state index is -0.521. The smallest absolute Gasteiger partial charge is 0.331 e. The Balaban J connectivity index is 2.26. The Hall–Kier alpha value is -2.42. The van der Waals surface area contributed by atoms with E-state index in [1.807, 2.05) is 43.5 Å². The molecule has 2 rings (SSSR count). The van der Waals surface area contributed by atoms with E-state index in [2.05, 4.69) is 37.9 Å². The van der Waals surface area contributed by atoms with Crippen LogP contribution in [-0.4, -0.2) is 24.8 Å². The van der Waals surface area contributed by atoms with Crippen molar-refractivity contribution in [3.05, 3.63) is 70.3 Å². The summed E-state index contributed by atoms with van der Waals surface area (Å²) in [6.45, 7) is 8.39. The van der Waals surface area contributed by atoms with E-state index < -0.39 is 6.04 Å². The molecule has 3 heteroatoms. The van der Waals surface area contributed by atoms with Gasteiger partial charge in [0.05, 0.1) is 6.61 Å². The van der Waals surface area contributed by atoms with Gasteiger partial charge in [0.15, 0.2) is 6.04 Å². The molecule has 0 bridgehead atoms. The molecule has 0 radical (unpaired) electrons. The van der Waals surface area contributed by atoms with Crippen molar-refractivity contribution in [3.63, 3.8) is 0 Å². The molecule has 0 heterocycles. The summed E-state index contributed by atoms with van der Waals surface area (Å²) in [5.74, 6) is -0.278. The molecule has 3 nitrogen and oxygen atoms in total. The van der Waals surface area contributed by atoms with Crippen LogP contribution >= 0.6 is 0 Å². The van der Waals surface area contributed by atoms with Crippen LogP contribution in [0.25, 0.3) is 0 Å². The van der Waals surface area contributed by atoms with E-state index in [0.29, 0.717) is 13.0 Å². The molecule has 0 N–H and O–H groups in total. The van der Waals surface area contributed by atoms with Gasteiger partial charge in [-0.1, -0.05) is 48.0 Å². The molecule has 126 valence electrons. The van der Waals surface area contributed by atoms with Crippen LogP contribution in [0.3, 0.4) is 0 Å². The van der Waals surface area contributed by atoms with Gasteiger partial charge in [-0.15, -0.1) is 0 Å². The lowest BCUT2D eigenvalue weighted by Crippen LogP contribution is -2.24. The molecule has 2 aromatic rings. The van der Waals surface area contributed by atoms with E-state index in [9.17, 15) is 4.79 Å². The Bertz CT molecular complexity index is 697. The van der Waals surface area contributed by atoms with Gasteiger partial charge in [-0.2, -0.15) is 0 Å². The first kappa shape index (κ1) is 17.9. The molecule has 2 aromatic carbocycles. The van der Waals surface area contributed by atoms with E-state index >= 15 is 0 Å². The van der Waals surface area contributed by atoms with E-state index in [-0.39, 0.29) is 5.97 Å². The number of carbonyl (C=O) groups is 1. The molecule has 24 heavy (non-hydrogen) atoms. The third-order valence-electron chi connectivity index (χ3n) is 3.95. The third-order valence-corrected chi connectivity index (χ3v) is 3.95. The van der Waals surface area contributed by atoms with Crippen LogP contribution in [0.4, 0.5) is 0 Å². The Morgan fingerprint density at radius 2 is 1.75 bits per heavy atom. The standard InChI is InChI=1S/C21H25NO2/c1-5-24-21(23)20(13-18-9-7-6-8-10-18)22-14-19-16(3)11-15(2)12-17(19)4/h6-12,14,20H,5,13H2,1-4H3/t20-/m0/s1. The van der Waals surface area contributed by atoms with E-state index in [4.69, 9.17) is 4.74 Å². The van der Waals surface area contributed by atoms with Gasteiger partial charge in [-0.05, 0) is 49.9 Å². The molecule has 0 amide bonds. The van der Waals surface area contributed by atoms with Gasteiger partial charge in [0.1, 0.15) is 0 Å². The summed E-state index contributed by atoms with van der Waals surface area (Å²) in [5.41, 5.74) is 5.71. The highest BCUT2D eigenvalue weighted by Gasteiger charge is 2.19. The molecule has 0 aromatic heterocycles. The Kier molecular flexibility index (Phi) is 6.30. The number of benzene rings is 2. The Morgan fingerprint density at radius 3 is 2.33 bits per heavy atom. The van der Waals surface area contributed by atoms with Gasteiger partial charge >= 0.3 is 5.97 Å². The topological polar surface area (TPSA) is 38.7 Å². The third kappa shape index (κ3) is 4.79. The lowest BCUT2D eigenvalue weighted by atomic mass is 10.0. The second kappa shape index (κ2) is 8.44. The maximum Gasteiger partial charge on any atom is 0.331 e. The maximum atomic E-state index is 12.3. The minimum absolute atomic E-state index is 0.278. The number of aliphatic imine (C=N–C) groups is 1. The molecular formula is C21H25NO2. The van der Waals surface area contributed by atoms with E-state index in [1.54, 1.807) is 0 Å². The van der Waals surface area contributed by atoms with E-state index in [1.165, 1.54) is 16.7 Å². The number of ether oxygens (including phenoxy) is 1. The van der Waals surface area contributed by atoms with Crippen LogP contribution in [0.2, 0.25) is 0 Å². The second-order valence-corrected chi connectivity index (χ2v) is 6.05. The predicted octanol–water partition coefficient (Wildman–Crippen LogP) is 4.21. The monoisotopic (exact) mass is 323 g/mol. The molecule has 0 saturated heterocycles. The zero-order valence-corrected chi connectivity index (χ0v) is 14.9. The van der Waals surface area contributed by atoms with Crippen LogP contribution < -0.4 is 0 Å². The van der Waals surface area contributed by atoms with Crippen molar-refractivity contribution in [2.75, 3.05) is 6.61 Å². The van der Waals surface area contributed by atoms with Crippen LogP contribution in [0.1, 0.15) is 34.7 Å². The first-order valence-electron chi connectivity index (χ1n) is 8.32. The van der Waals surface area contributed by atoms with Crippen molar-refractivity contribution >= 4 is 12.2 Å². The van der Waals surface area contributed by atoms with Crippen molar-refractivity contribution < 1.29 is 9.53 Å². The second-order valence-electron chi connectivity index (χ2n) is 6.05. The molecule has 1 atom stereocenters. The number of aryl methyl sites for hydroxylation is 3. The Morgan fingerprint density at radius 1 is 1.12 bits per heavy atom. The largest absolute Gasteiger partial charge is 0.464 e. The lowest BCUT2D eigenvalue weighted by Gasteiger charge is -2.13. The summed E-state index contributed by atoms with van der Waals surface area (Å²) in [6.07, 6.45) is 2.36. The fourth-order valence-corrected chi connectivity index (χ4v) is 2.83. The molecule has 0 saturated carbocycles. The number of hydrogen-bond acceptors (Lipinski definition) is 3. The lowest BCUT2D eigenvalue weighted by molar-refractivity contribution is -0.144. The van der Waals surface area contributed by atoms with Crippen molar-refractivity contribution in [2.45, 2.75) is 40.2 Å². The van der Waals surface area contributed by atoms with Crippen molar-refractivity contribution in [1.29, 1.82) is 0 Å². The average molecular weight is 323 g/mol. The van der Waals surface area contributed by atoms with Crippen LogP contribution in [0.5, 0.6) is 0 Å². The Labute approximate surface area is 144 Å². The number of carbonyl (C=O) groups excluding carboxylic acids is 1. The summed E-state index contributed by atoms with van der Waals surface area (Å²) in [4.78, 5) is 16.8. The fourth-order valence-electron chi connectivity index (χ4n) is 2.83. The molecule has 0 aliphatic rings. The summed E-state index contributed by atoms with van der Waals surface area (Å²) in [6, 6.07) is 13.6. The number of rotatable bonds is 6. The van der Waals surface area contributed by atoms with Crippen molar-refractivity contribution in [3.8, 4) is 0 Å². The highest BCUT2D eigenvalue weighted by molar-refractivity contribution is 5.87. The van der Waals surface area contributed by atoms with Gasteiger partial charge in [0.2, 0.25) is 0 Å². The number of esters is 1. The van der Waals surface area contributed by atoms with Crippen molar-refractivity contribution in [2.24, 2.45) is 4.99 Å². The maximum absolute atomic E-state index is 12.3. The SMILES string of the molecule is CCOC(=O)[C@H](Cc1ccccc1)N=Cc1c(C)cc(C)cc1C. The molecule has 0 fully saturated rings. The highest BCUT2D eigenvalue weighted by Crippen LogP contribution is 2.15. The predicted molar refractivity (Wildman–Crippen MR) is 98.8 cm³/mol. The minimum Gasteiger partial charge on any atom is -0.464 e. The van der Waals surface area contributed by atoms with Gasteiger partial charge in [-0.3, -0.25) is 4.99 Å². The molecule has 0 aliphatic carbocycles. The molecule has 0 spiro atoms. The van der Waals surface area contributed by atoms with Gasteiger partial charge < -0.3 is 4.74 Å². The van der Waals surface area contributed by atoms with Crippen LogP contribution in [0, 0.1) is 20.8 Å². The van der Waals surface area contributed by atoms with Gasteiger partial charge in [-0.25, -0.2) is 4.79 Å². The van der Waals surface area contributed by atoms with Crippen molar-refractivity contribution in [1.82, 2.24) is 0 Å². The summed E-state index contributed by atoms with van der Waals surface area (Å²) in [5, 5.41) is 0. The van der Waals surface area contributed by atoms with E-state index in [0.717, 1.165) is 11.1 Å². The average Bonchev–Trinajstić information content (AvgIpc) is 2.54. The fraction of sp³-hybridized carbons (Fsp3) is 0.333. The zero-order valence-electron chi connectivity index (χ0n) is 14.9. The summed E-state index contributed by atoms with van der Waals surface area (Å²) >= 11 is 0. The zero-order chi connectivity index (χ0) is 17.5. The molecular weight excluding hydrogens is 298 g/mol. The van der Waals surface area contributed by atoms with Gasteiger partial charge in [0.25, 0.3) is 0 Å². The molecule has 0 aliphatic heterocycles. The van der Waals surface area contributed by atoms with Crippen LogP contribution in [-0.2, 0) is 16.0 Å². The quantitative estimate of drug-likeness (QED) is 0.590. The highest BCUT2D eigenvalue weighted by atomic mass is 16.5. The first-order chi connectivity index (χ1) is 11.5. The van der Waals surface area contributed by atoms with Gasteiger partial charge in [0, 0.05) is 12.6 Å². The summed E-state index contributed by atoms with van der Waals surface area (Å²) in [7, 11) is 0. The first-order valence-corrected chi connectivity index (χ1v) is 8.32. The van der Waals surface area contributed by atoms with Crippen LogP contribution in [0.15, 0.2) is 47.5 Å². The normalized spacial score (nSPS) is 12.3.